The van der Waals surface area contributed by atoms with Crippen molar-refractivity contribution in [3.63, 3.8) is 0 Å². The maximum Gasteiger partial charge on any atom is 0.0597 e. The molecular weight excluding hydrogens is 200 g/mol. The van der Waals surface area contributed by atoms with Crippen LogP contribution in [0.1, 0.15) is 39.5 Å². The summed E-state index contributed by atoms with van der Waals surface area (Å²) in [5.74, 6) is 0. The molecule has 3 heteroatoms. The van der Waals surface area contributed by atoms with Crippen LogP contribution in [0, 0.1) is 0 Å². The van der Waals surface area contributed by atoms with Crippen molar-refractivity contribution < 1.29 is 4.74 Å². The van der Waals surface area contributed by atoms with E-state index in [0.29, 0.717) is 6.10 Å². The molecule has 1 heterocycles. The highest BCUT2D eigenvalue weighted by Gasteiger charge is 2.10. The molecule has 96 valence electrons. The van der Waals surface area contributed by atoms with Crippen molar-refractivity contribution >= 4 is 0 Å². The summed E-state index contributed by atoms with van der Waals surface area (Å²) in [7, 11) is 0. The third kappa shape index (κ3) is 6.46. The number of ether oxygens (including phenoxy) is 1. The van der Waals surface area contributed by atoms with Crippen LogP contribution in [0.4, 0.5) is 0 Å². The van der Waals surface area contributed by atoms with Crippen molar-refractivity contribution in [2.45, 2.75) is 45.6 Å². The number of likely N-dealkylation sites (tertiary alicyclic amines) is 1. The molecule has 0 amide bonds. The van der Waals surface area contributed by atoms with Crippen molar-refractivity contribution in [3.05, 3.63) is 0 Å². The Bertz CT molecular complexity index is 158. The van der Waals surface area contributed by atoms with Crippen LogP contribution in [0.15, 0.2) is 0 Å². The fourth-order valence-electron chi connectivity index (χ4n) is 2.13. The van der Waals surface area contributed by atoms with Gasteiger partial charge in [-0.15, -0.1) is 0 Å². The first-order valence-electron chi connectivity index (χ1n) is 6.87. The van der Waals surface area contributed by atoms with E-state index in [1.165, 1.54) is 32.4 Å². The van der Waals surface area contributed by atoms with Crippen LogP contribution in [0.5, 0.6) is 0 Å². The minimum atomic E-state index is 0.392. The zero-order valence-corrected chi connectivity index (χ0v) is 11.0. The highest BCUT2D eigenvalue weighted by Crippen LogP contribution is 2.08. The molecule has 0 aliphatic carbocycles. The van der Waals surface area contributed by atoms with Crippen LogP contribution in [0.2, 0.25) is 0 Å². The van der Waals surface area contributed by atoms with E-state index in [0.717, 1.165) is 32.7 Å². The predicted molar refractivity (Wildman–Crippen MR) is 68.9 cm³/mol. The Kier molecular flexibility index (Phi) is 7.81. The summed E-state index contributed by atoms with van der Waals surface area (Å²) in [5, 5.41) is 3.33. The molecule has 0 spiro atoms. The Morgan fingerprint density at radius 1 is 1.25 bits per heavy atom. The first-order chi connectivity index (χ1) is 7.83. The minimum absolute atomic E-state index is 0.392. The van der Waals surface area contributed by atoms with Gasteiger partial charge in [-0.3, -0.25) is 0 Å². The first kappa shape index (κ1) is 13.9. The molecule has 1 atom stereocenters. The molecule has 0 bridgehead atoms. The summed E-state index contributed by atoms with van der Waals surface area (Å²) in [5.41, 5.74) is 0. The highest BCUT2D eigenvalue weighted by atomic mass is 16.5. The first-order valence-corrected chi connectivity index (χ1v) is 6.87. The number of hydrogen-bond donors (Lipinski definition) is 1. The molecule has 1 N–H and O–H groups in total. The van der Waals surface area contributed by atoms with E-state index >= 15 is 0 Å². The molecule has 3 nitrogen and oxygen atoms in total. The van der Waals surface area contributed by atoms with Crippen molar-refractivity contribution in [1.29, 1.82) is 0 Å². The molecule has 1 saturated heterocycles. The third-order valence-electron chi connectivity index (χ3n) is 3.24. The molecule has 0 saturated carbocycles. The fourth-order valence-corrected chi connectivity index (χ4v) is 2.13. The molecule has 0 aromatic rings. The molecule has 0 aromatic heterocycles. The van der Waals surface area contributed by atoms with Gasteiger partial charge in [0.05, 0.1) is 12.7 Å². The number of hydrogen-bond acceptors (Lipinski definition) is 3. The lowest BCUT2D eigenvalue weighted by molar-refractivity contribution is 0.0406. The number of nitrogens with zero attached hydrogens (tertiary/aromatic N) is 1. The second-order valence-corrected chi connectivity index (χ2v) is 4.73. The van der Waals surface area contributed by atoms with Gasteiger partial charge in [-0.25, -0.2) is 0 Å². The van der Waals surface area contributed by atoms with Crippen LogP contribution in [-0.2, 0) is 4.74 Å². The molecule has 1 unspecified atom stereocenters. The van der Waals surface area contributed by atoms with Crippen LogP contribution >= 0.6 is 0 Å². The Morgan fingerprint density at radius 3 is 2.69 bits per heavy atom. The Hall–Kier alpha value is -0.120. The smallest absolute Gasteiger partial charge is 0.0597 e. The quantitative estimate of drug-likeness (QED) is 0.642. The zero-order valence-electron chi connectivity index (χ0n) is 11.0. The predicted octanol–water partition coefficient (Wildman–Crippen LogP) is 1.88. The van der Waals surface area contributed by atoms with Gasteiger partial charge in [-0.1, -0.05) is 13.3 Å². The van der Waals surface area contributed by atoms with Gasteiger partial charge in [0.15, 0.2) is 0 Å². The average Bonchev–Trinajstić information content (AvgIpc) is 2.31. The maximum atomic E-state index is 5.81. The second-order valence-electron chi connectivity index (χ2n) is 4.73. The van der Waals surface area contributed by atoms with Gasteiger partial charge in [-0.2, -0.15) is 0 Å². The number of piperidine rings is 1. The van der Waals surface area contributed by atoms with E-state index in [9.17, 15) is 0 Å². The molecule has 1 aliphatic rings. The Balaban J connectivity index is 1.92. The van der Waals surface area contributed by atoms with E-state index in [1.807, 2.05) is 0 Å². The molecule has 0 aromatic carbocycles. The molecule has 1 aliphatic heterocycles. The van der Waals surface area contributed by atoms with Gasteiger partial charge in [-0.05, 0) is 52.4 Å². The molecule has 0 radical (unpaired) electrons. The highest BCUT2D eigenvalue weighted by molar-refractivity contribution is 4.64. The van der Waals surface area contributed by atoms with Gasteiger partial charge in [0, 0.05) is 6.54 Å². The van der Waals surface area contributed by atoms with Crippen molar-refractivity contribution in [1.82, 2.24) is 10.2 Å². The van der Waals surface area contributed by atoms with Crippen molar-refractivity contribution in [2.24, 2.45) is 0 Å². The summed E-state index contributed by atoms with van der Waals surface area (Å²) in [6.07, 6.45) is 5.67. The lowest BCUT2D eigenvalue weighted by Crippen LogP contribution is -2.33. The standard InChI is InChI=1S/C13H28N2O/c1-3-14-8-7-13(2)16-12-11-15-9-5-4-6-10-15/h13-14H,3-12H2,1-2H3. The van der Waals surface area contributed by atoms with E-state index in [-0.39, 0.29) is 0 Å². The minimum Gasteiger partial charge on any atom is -0.377 e. The zero-order chi connectivity index (χ0) is 11.6. The molecule has 16 heavy (non-hydrogen) atoms. The van der Waals surface area contributed by atoms with Crippen LogP contribution in [0.25, 0.3) is 0 Å². The summed E-state index contributed by atoms with van der Waals surface area (Å²) >= 11 is 0. The number of rotatable bonds is 8. The van der Waals surface area contributed by atoms with Gasteiger partial charge < -0.3 is 15.0 Å². The monoisotopic (exact) mass is 228 g/mol. The van der Waals surface area contributed by atoms with E-state index in [1.54, 1.807) is 0 Å². The normalized spacial score (nSPS) is 19.9. The fraction of sp³-hybridized carbons (Fsp3) is 1.00. The second kappa shape index (κ2) is 8.97. The van der Waals surface area contributed by atoms with E-state index in [4.69, 9.17) is 4.74 Å². The lowest BCUT2D eigenvalue weighted by atomic mass is 10.1. The Morgan fingerprint density at radius 2 is 2.00 bits per heavy atom. The molecular formula is C13H28N2O. The lowest BCUT2D eigenvalue weighted by Gasteiger charge is -2.26. The van der Waals surface area contributed by atoms with Gasteiger partial charge in [0.25, 0.3) is 0 Å². The molecule has 1 fully saturated rings. The van der Waals surface area contributed by atoms with Gasteiger partial charge in [0.2, 0.25) is 0 Å². The summed E-state index contributed by atoms with van der Waals surface area (Å²) < 4.78 is 5.81. The number of nitrogens with one attached hydrogen (secondary N) is 1. The van der Waals surface area contributed by atoms with Gasteiger partial charge in [0.1, 0.15) is 0 Å². The van der Waals surface area contributed by atoms with Crippen molar-refractivity contribution in [3.8, 4) is 0 Å². The SMILES string of the molecule is CCNCCC(C)OCCN1CCCCC1. The third-order valence-corrected chi connectivity index (χ3v) is 3.24. The van der Waals surface area contributed by atoms with Crippen LogP contribution < -0.4 is 5.32 Å². The van der Waals surface area contributed by atoms with Crippen LogP contribution in [0.3, 0.4) is 0 Å². The Labute approximate surface area is 101 Å². The summed E-state index contributed by atoms with van der Waals surface area (Å²) in [6, 6.07) is 0. The largest absolute Gasteiger partial charge is 0.377 e. The van der Waals surface area contributed by atoms with Gasteiger partial charge >= 0.3 is 0 Å². The van der Waals surface area contributed by atoms with Crippen molar-refractivity contribution in [2.75, 3.05) is 39.3 Å². The summed E-state index contributed by atoms with van der Waals surface area (Å²) in [4.78, 5) is 2.53. The van der Waals surface area contributed by atoms with E-state index in [2.05, 4.69) is 24.1 Å². The maximum absolute atomic E-state index is 5.81. The van der Waals surface area contributed by atoms with E-state index < -0.39 is 0 Å². The molecule has 1 rings (SSSR count). The van der Waals surface area contributed by atoms with Crippen LogP contribution in [-0.4, -0.2) is 50.3 Å². The average molecular weight is 228 g/mol. The summed E-state index contributed by atoms with van der Waals surface area (Å²) in [6.45, 7) is 11.0. The topological polar surface area (TPSA) is 24.5 Å².